The van der Waals surface area contributed by atoms with Gasteiger partial charge in [-0.1, -0.05) is 42.5 Å². The molecule has 0 unspecified atom stereocenters. The maximum absolute atomic E-state index is 12.8. The average Bonchev–Trinajstić information content (AvgIpc) is 3.28. The van der Waals surface area contributed by atoms with Crippen LogP contribution in [-0.4, -0.2) is 55.2 Å². The van der Waals surface area contributed by atoms with Gasteiger partial charge in [0.1, 0.15) is 0 Å². The summed E-state index contributed by atoms with van der Waals surface area (Å²) in [5.41, 5.74) is 2.22. The van der Waals surface area contributed by atoms with Crippen LogP contribution in [-0.2, 0) is 4.74 Å². The Morgan fingerprint density at radius 2 is 1.79 bits per heavy atom. The number of aromatic nitrogens is 1. The molecule has 1 N–H and O–H groups in total. The van der Waals surface area contributed by atoms with Crippen LogP contribution in [0, 0.1) is 0 Å². The summed E-state index contributed by atoms with van der Waals surface area (Å²) in [6.45, 7) is 5.11. The molecule has 4 rings (SSSR count). The minimum atomic E-state index is -0.109. The molecule has 0 atom stereocenters. The zero-order chi connectivity index (χ0) is 19.9. The minimum Gasteiger partial charge on any atom is -0.436 e. The van der Waals surface area contributed by atoms with Crippen molar-refractivity contribution in [1.29, 1.82) is 0 Å². The van der Waals surface area contributed by atoms with Gasteiger partial charge in [0.2, 0.25) is 5.89 Å². The van der Waals surface area contributed by atoms with Crippen LogP contribution in [0.1, 0.15) is 16.8 Å². The van der Waals surface area contributed by atoms with Gasteiger partial charge in [-0.05, 0) is 25.1 Å². The molecule has 2 aromatic carbocycles. The van der Waals surface area contributed by atoms with Crippen LogP contribution in [0.5, 0.6) is 0 Å². The zero-order valence-corrected chi connectivity index (χ0v) is 16.3. The Hall–Kier alpha value is -2.96. The Labute approximate surface area is 170 Å². The molecule has 6 nitrogen and oxygen atoms in total. The topological polar surface area (TPSA) is 67.6 Å². The number of hydrogen-bond donors (Lipinski definition) is 1. The van der Waals surface area contributed by atoms with Crippen molar-refractivity contribution in [2.24, 2.45) is 0 Å². The molecule has 1 aliphatic rings. The molecule has 1 aromatic heterocycles. The lowest BCUT2D eigenvalue weighted by Gasteiger charge is -2.26. The first kappa shape index (κ1) is 19.4. The normalized spacial score (nSPS) is 14.6. The van der Waals surface area contributed by atoms with Gasteiger partial charge in [0.05, 0.1) is 25.0 Å². The quantitative estimate of drug-likeness (QED) is 0.625. The van der Waals surface area contributed by atoms with Gasteiger partial charge < -0.3 is 14.5 Å². The molecule has 0 spiro atoms. The van der Waals surface area contributed by atoms with E-state index in [0.29, 0.717) is 29.3 Å². The van der Waals surface area contributed by atoms with Crippen molar-refractivity contribution in [2.75, 3.05) is 39.4 Å². The van der Waals surface area contributed by atoms with Crippen molar-refractivity contribution in [3.63, 3.8) is 0 Å². The van der Waals surface area contributed by atoms with Crippen molar-refractivity contribution >= 4 is 5.91 Å². The second kappa shape index (κ2) is 9.49. The van der Waals surface area contributed by atoms with Gasteiger partial charge >= 0.3 is 0 Å². The predicted molar refractivity (Wildman–Crippen MR) is 112 cm³/mol. The fourth-order valence-electron chi connectivity index (χ4n) is 3.43. The lowest BCUT2D eigenvalue weighted by atomic mass is 10.1. The fraction of sp³-hybridized carbons (Fsp3) is 0.304. The van der Waals surface area contributed by atoms with Crippen molar-refractivity contribution in [1.82, 2.24) is 15.2 Å². The number of rotatable bonds is 7. The van der Waals surface area contributed by atoms with Crippen LogP contribution in [0.2, 0.25) is 0 Å². The molecule has 1 aliphatic heterocycles. The van der Waals surface area contributed by atoms with E-state index in [1.54, 1.807) is 12.3 Å². The van der Waals surface area contributed by atoms with Crippen molar-refractivity contribution in [3.8, 4) is 22.8 Å². The first-order valence-corrected chi connectivity index (χ1v) is 10.0. The molecule has 0 saturated carbocycles. The highest BCUT2D eigenvalue weighted by molar-refractivity contribution is 6.00. The molecule has 0 bridgehead atoms. The summed E-state index contributed by atoms with van der Waals surface area (Å²) in [7, 11) is 0. The number of nitrogens with zero attached hydrogens (tertiary/aromatic N) is 2. The summed E-state index contributed by atoms with van der Waals surface area (Å²) in [4.78, 5) is 19.5. The third-order valence-electron chi connectivity index (χ3n) is 5.01. The monoisotopic (exact) mass is 391 g/mol. The molecular formula is C23H25N3O3. The molecule has 1 fully saturated rings. The molecule has 1 saturated heterocycles. The predicted octanol–water partition coefficient (Wildman–Crippen LogP) is 3.46. The highest BCUT2D eigenvalue weighted by Gasteiger charge is 2.17. The number of carbonyl (C=O) groups is 1. The Morgan fingerprint density at radius 1 is 1.03 bits per heavy atom. The first-order valence-electron chi connectivity index (χ1n) is 10.0. The van der Waals surface area contributed by atoms with E-state index in [4.69, 9.17) is 9.15 Å². The average molecular weight is 391 g/mol. The summed E-state index contributed by atoms with van der Waals surface area (Å²) in [5.74, 6) is 1.02. The SMILES string of the molecule is O=C(NCCCN1CCOCC1)c1ccccc1-c1ncc(-c2ccccc2)o1. The van der Waals surface area contributed by atoms with E-state index in [9.17, 15) is 4.79 Å². The summed E-state index contributed by atoms with van der Waals surface area (Å²) in [6.07, 6.45) is 2.60. The van der Waals surface area contributed by atoms with E-state index in [1.807, 2.05) is 48.5 Å². The number of benzene rings is 2. The number of nitrogens with one attached hydrogen (secondary N) is 1. The Kier molecular flexibility index (Phi) is 6.34. The summed E-state index contributed by atoms with van der Waals surface area (Å²) >= 11 is 0. The number of amides is 1. The lowest BCUT2D eigenvalue weighted by Crippen LogP contribution is -2.38. The van der Waals surface area contributed by atoms with Gasteiger partial charge in [-0.3, -0.25) is 9.69 Å². The molecule has 6 heteroatoms. The Morgan fingerprint density at radius 3 is 2.62 bits per heavy atom. The van der Waals surface area contributed by atoms with Crippen molar-refractivity contribution in [3.05, 3.63) is 66.4 Å². The van der Waals surface area contributed by atoms with Crippen LogP contribution >= 0.6 is 0 Å². The number of carbonyl (C=O) groups excluding carboxylic acids is 1. The highest BCUT2D eigenvalue weighted by atomic mass is 16.5. The van der Waals surface area contributed by atoms with Gasteiger partial charge in [0.25, 0.3) is 5.91 Å². The van der Waals surface area contributed by atoms with Crippen molar-refractivity contribution in [2.45, 2.75) is 6.42 Å². The van der Waals surface area contributed by atoms with E-state index in [2.05, 4.69) is 15.2 Å². The second-order valence-corrected chi connectivity index (χ2v) is 7.00. The van der Waals surface area contributed by atoms with Crippen LogP contribution in [0.3, 0.4) is 0 Å². The maximum Gasteiger partial charge on any atom is 0.252 e. The van der Waals surface area contributed by atoms with Crippen molar-refractivity contribution < 1.29 is 13.9 Å². The number of hydrogen-bond acceptors (Lipinski definition) is 5. The van der Waals surface area contributed by atoms with Crippen LogP contribution in [0.25, 0.3) is 22.8 Å². The smallest absolute Gasteiger partial charge is 0.252 e. The van der Waals surface area contributed by atoms with E-state index in [-0.39, 0.29) is 5.91 Å². The summed E-state index contributed by atoms with van der Waals surface area (Å²) in [6, 6.07) is 17.2. The molecular weight excluding hydrogens is 366 g/mol. The minimum absolute atomic E-state index is 0.109. The van der Waals surface area contributed by atoms with E-state index in [1.165, 1.54) is 0 Å². The highest BCUT2D eigenvalue weighted by Crippen LogP contribution is 2.28. The van der Waals surface area contributed by atoms with Gasteiger partial charge in [0, 0.05) is 30.8 Å². The van der Waals surface area contributed by atoms with E-state index >= 15 is 0 Å². The molecule has 0 aliphatic carbocycles. The van der Waals surface area contributed by atoms with Gasteiger partial charge in [-0.2, -0.15) is 0 Å². The molecule has 0 radical (unpaired) electrons. The second-order valence-electron chi connectivity index (χ2n) is 7.00. The zero-order valence-electron chi connectivity index (χ0n) is 16.3. The molecule has 150 valence electrons. The largest absolute Gasteiger partial charge is 0.436 e. The van der Waals surface area contributed by atoms with Gasteiger partial charge in [0.15, 0.2) is 5.76 Å². The number of oxazole rings is 1. The third kappa shape index (κ3) is 4.91. The summed E-state index contributed by atoms with van der Waals surface area (Å²) in [5, 5.41) is 3.02. The fourth-order valence-corrected chi connectivity index (χ4v) is 3.43. The van der Waals surface area contributed by atoms with Crippen LogP contribution < -0.4 is 5.32 Å². The molecule has 29 heavy (non-hydrogen) atoms. The Balaban J connectivity index is 1.40. The van der Waals surface area contributed by atoms with Gasteiger partial charge in [-0.25, -0.2) is 4.98 Å². The molecule has 3 aromatic rings. The Bertz CT molecular complexity index is 933. The van der Waals surface area contributed by atoms with Crippen LogP contribution in [0.15, 0.2) is 65.2 Å². The number of morpholine rings is 1. The standard InChI is InChI=1S/C23H25N3O3/c27-22(24-11-6-12-26-13-15-28-16-14-26)19-9-4-5-10-20(19)23-25-17-21(29-23)18-7-2-1-3-8-18/h1-5,7-10,17H,6,11-16H2,(H,24,27). The molecule has 1 amide bonds. The third-order valence-corrected chi connectivity index (χ3v) is 5.01. The van der Waals surface area contributed by atoms with E-state index < -0.39 is 0 Å². The number of ether oxygens (including phenoxy) is 1. The van der Waals surface area contributed by atoms with Gasteiger partial charge in [-0.15, -0.1) is 0 Å². The van der Waals surface area contributed by atoms with Crippen LogP contribution in [0.4, 0.5) is 0 Å². The maximum atomic E-state index is 12.8. The first-order chi connectivity index (χ1) is 14.3. The summed E-state index contributed by atoms with van der Waals surface area (Å²) < 4.78 is 11.3. The molecule has 2 heterocycles. The van der Waals surface area contributed by atoms with E-state index in [0.717, 1.165) is 44.8 Å². The lowest BCUT2D eigenvalue weighted by molar-refractivity contribution is 0.0374.